The second-order valence-corrected chi connectivity index (χ2v) is 10.3. The van der Waals surface area contributed by atoms with E-state index in [1.807, 2.05) is 12.4 Å². The van der Waals surface area contributed by atoms with Crippen LogP contribution in [0.25, 0.3) is 22.3 Å². The number of anilines is 2. The minimum atomic E-state index is 0.169. The molecule has 2 saturated carbocycles. The Balaban J connectivity index is 1.38. The van der Waals surface area contributed by atoms with E-state index in [2.05, 4.69) is 32.8 Å². The Hall–Kier alpha value is -2.80. The molecule has 0 bridgehead atoms. The van der Waals surface area contributed by atoms with Gasteiger partial charge < -0.3 is 15.5 Å². The van der Waals surface area contributed by atoms with Crippen molar-refractivity contribution in [3.8, 4) is 11.4 Å². The van der Waals surface area contributed by atoms with E-state index < -0.39 is 0 Å². The van der Waals surface area contributed by atoms with Gasteiger partial charge in [-0.15, -0.1) is 0 Å². The van der Waals surface area contributed by atoms with Gasteiger partial charge in [0.25, 0.3) is 0 Å². The highest BCUT2D eigenvalue weighted by molar-refractivity contribution is 5.94. The van der Waals surface area contributed by atoms with E-state index in [0.29, 0.717) is 5.92 Å². The van der Waals surface area contributed by atoms with Gasteiger partial charge in [-0.1, -0.05) is 19.3 Å². The molecule has 2 aliphatic heterocycles. The number of rotatable bonds is 3. The zero-order valence-electron chi connectivity index (χ0n) is 19.1. The predicted octanol–water partition coefficient (Wildman–Crippen LogP) is 4.04. The van der Waals surface area contributed by atoms with Crippen molar-refractivity contribution in [3.63, 3.8) is 0 Å². The smallest absolute Gasteiger partial charge is 0.162 e. The first kappa shape index (κ1) is 19.6. The van der Waals surface area contributed by atoms with Crippen molar-refractivity contribution in [2.24, 2.45) is 0 Å². The third-order valence-electron chi connectivity index (χ3n) is 8.06. The Morgan fingerprint density at radius 2 is 1.85 bits per heavy atom. The molecule has 0 atom stereocenters. The lowest BCUT2D eigenvalue weighted by molar-refractivity contribution is 0.332. The molecule has 3 aromatic heterocycles. The SMILES string of the molecule is c1cc(-c2nc(N3CCNCC3)c3c(C4CC4)cncc3n2)c2c(n1)NC1(CCCCC1)C2. The van der Waals surface area contributed by atoms with Crippen LogP contribution in [-0.2, 0) is 6.42 Å². The van der Waals surface area contributed by atoms with E-state index in [1.54, 1.807) is 0 Å². The summed E-state index contributed by atoms with van der Waals surface area (Å²) in [6.07, 6.45) is 15.8. The average Bonchev–Trinajstić information content (AvgIpc) is 3.65. The Morgan fingerprint density at radius 1 is 1.00 bits per heavy atom. The van der Waals surface area contributed by atoms with Gasteiger partial charge in [-0.2, -0.15) is 0 Å². The molecule has 0 radical (unpaired) electrons. The molecule has 3 aromatic rings. The molecule has 2 N–H and O–H groups in total. The molecule has 7 nitrogen and oxygen atoms in total. The van der Waals surface area contributed by atoms with E-state index in [9.17, 15) is 0 Å². The van der Waals surface area contributed by atoms with Crippen LogP contribution in [0.15, 0.2) is 24.7 Å². The standard InChI is InChI=1S/C26H31N7/c1-2-7-26(8-3-1)14-19-18(6-9-29-23(19)32-26)24-30-21-16-28-15-20(17-4-5-17)22(21)25(31-24)33-12-10-27-11-13-33/h6,9,15-17,27H,1-5,7-8,10-14H2,(H,29,32). The molecule has 0 unspecified atom stereocenters. The molecule has 0 aromatic carbocycles. The van der Waals surface area contributed by atoms with Gasteiger partial charge >= 0.3 is 0 Å². The number of aromatic nitrogens is 4. The van der Waals surface area contributed by atoms with Gasteiger partial charge in [0.1, 0.15) is 11.6 Å². The van der Waals surface area contributed by atoms with Crippen LogP contribution in [-0.4, -0.2) is 51.7 Å². The maximum absolute atomic E-state index is 5.28. The van der Waals surface area contributed by atoms with Gasteiger partial charge in [-0.3, -0.25) is 4.98 Å². The Kier molecular flexibility index (Phi) is 4.54. The Labute approximate surface area is 194 Å². The van der Waals surface area contributed by atoms with Crippen LogP contribution in [0.2, 0.25) is 0 Å². The average molecular weight is 442 g/mol. The van der Waals surface area contributed by atoms with Crippen LogP contribution in [0.5, 0.6) is 0 Å². The van der Waals surface area contributed by atoms with Crippen LogP contribution >= 0.6 is 0 Å². The normalized spacial score (nSPS) is 21.9. The second kappa shape index (κ2) is 7.62. The zero-order chi connectivity index (χ0) is 21.8. The Morgan fingerprint density at radius 3 is 2.67 bits per heavy atom. The van der Waals surface area contributed by atoms with Crippen molar-refractivity contribution in [3.05, 3.63) is 35.8 Å². The first-order chi connectivity index (χ1) is 16.3. The lowest BCUT2D eigenvalue weighted by Crippen LogP contribution is -2.44. The molecular weight excluding hydrogens is 410 g/mol. The number of pyridine rings is 2. The fourth-order valence-electron chi connectivity index (χ4n) is 6.17. The van der Waals surface area contributed by atoms with E-state index in [0.717, 1.165) is 61.1 Å². The van der Waals surface area contributed by atoms with E-state index in [4.69, 9.17) is 15.0 Å². The summed E-state index contributed by atoms with van der Waals surface area (Å²) in [4.78, 5) is 22.1. The first-order valence-electron chi connectivity index (χ1n) is 12.7. The maximum Gasteiger partial charge on any atom is 0.162 e. The topological polar surface area (TPSA) is 78.9 Å². The van der Waals surface area contributed by atoms with Crippen molar-refractivity contribution < 1.29 is 0 Å². The summed E-state index contributed by atoms with van der Waals surface area (Å²) in [6, 6.07) is 2.11. The van der Waals surface area contributed by atoms with Crippen LogP contribution < -0.4 is 15.5 Å². The molecule has 1 spiro atoms. The van der Waals surface area contributed by atoms with Gasteiger partial charge in [0.15, 0.2) is 5.82 Å². The van der Waals surface area contributed by atoms with Crippen molar-refractivity contribution in [1.29, 1.82) is 0 Å². The van der Waals surface area contributed by atoms with Crippen molar-refractivity contribution >= 4 is 22.5 Å². The number of fused-ring (bicyclic) bond motifs is 2. The van der Waals surface area contributed by atoms with Gasteiger partial charge in [0.05, 0.1) is 11.7 Å². The molecule has 170 valence electrons. The molecule has 1 saturated heterocycles. The third-order valence-corrected chi connectivity index (χ3v) is 8.06. The largest absolute Gasteiger partial charge is 0.364 e. The first-order valence-corrected chi connectivity index (χ1v) is 12.7. The summed E-state index contributed by atoms with van der Waals surface area (Å²) in [5, 5.41) is 8.50. The van der Waals surface area contributed by atoms with E-state index in [-0.39, 0.29) is 5.54 Å². The molecule has 7 rings (SSSR count). The second-order valence-electron chi connectivity index (χ2n) is 10.3. The highest BCUT2D eigenvalue weighted by Crippen LogP contribution is 2.46. The molecule has 3 fully saturated rings. The summed E-state index contributed by atoms with van der Waals surface area (Å²) >= 11 is 0. The van der Waals surface area contributed by atoms with Crippen LogP contribution in [0.3, 0.4) is 0 Å². The predicted molar refractivity (Wildman–Crippen MR) is 131 cm³/mol. The fraction of sp³-hybridized carbons (Fsp3) is 0.538. The minimum Gasteiger partial charge on any atom is -0.364 e. The van der Waals surface area contributed by atoms with Crippen molar-refractivity contribution in [2.45, 2.75) is 62.8 Å². The Bertz CT molecular complexity index is 1210. The summed E-state index contributed by atoms with van der Waals surface area (Å²) in [5.41, 5.74) is 4.89. The highest BCUT2D eigenvalue weighted by Gasteiger charge is 2.40. The maximum atomic E-state index is 5.28. The number of nitrogens with one attached hydrogen (secondary N) is 2. The summed E-state index contributed by atoms with van der Waals surface area (Å²) in [6.45, 7) is 3.91. The van der Waals surface area contributed by atoms with Crippen molar-refractivity contribution in [2.75, 3.05) is 36.4 Å². The molecule has 7 heteroatoms. The fourth-order valence-corrected chi connectivity index (χ4v) is 6.17. The van der Waals surface area contributed by atoms with Gasteiger partial charge in [0, 0.05) is 60.6 Å². The molecular formula is C26H31N7. The molecule has 0 amide bonds. The lowest BCUT2D eigenvalue weighted by atomic mass is 9.79. The van der Waals surface area contributed by atoms with E-state index in [1.165, 1.54) is 61.5 Å². The molecule has 5 heterocycles. The van der Waals surface area contributed by atoms with Crippen LogP contribution in [0, 0.1) is 0 Å². The van der Waals surface area contributed by atoms with Crippen LogP contribution in [0.1, 0.15) is 62.0 Å². The van der Waals surface area contributed by atoms with Gasteiger partial charge in [0.2, 0.25) is 0 Å². The quantitative estimate of drug-likeness (QED) is 0.635. The summed E-state index contributed by atoms with van der Waals surface area (Å²) in [5.74, 6) is 3.55. The van der Waals surface area contributed by atoms with E-state index >= 15 is 0 Å². The monoisotopic (exact) mass is 441 g/mol. The number of hydrogen-bond acceptors (Lipinski definition) is 7. The third kappa shape index (κ3) is 3.36. The molecule has 4 aliphatic rings. The molecule has 33 heavy (non-hydrogen) atoms. The van der Waals surface area contributed by atoms with Gasteiger partial charge in [-0.25, -0.2) is 15.0 Å². The number of piperazine rings is 1. The van der Waals surface area contributed by atoms with Gasteiger partial charge in [-0.05, 0) is 49.7 Å². The summed E-state index contributed by atoms with van der Waals surface area (Å²) < 4.78 is 0. The van der Waals surface area contributed by atoms with Crippen LogP contribution in [0.4, 0.5) is 11.6 Å². The molecule has 2 aliphatic carbocycles. The summed E-state index contributed by atoms with van der Waals surface area (Å²) in [7, 11) is 0. The highest BCUT2D eigenvalue weighted by atomic mass is 15.2. The zero-order valence-corrected chi connectivity index (χ0v) is 19.1. The lowest BCUT2D eigenvalue weighted by Gasteiger charge is -2.33. The number of nitrogens with zero attached hydrogens (tertiary/aromatic N) is 5. The minimum absolute atomic E-state index is 0.169. The van der Waals surface area contributed by atoms with Crippen molar-refractivity contribution in [1.82, 2.24) is 25.3 Å². The number of hydrogen-bond donors (Lipinski definition) is 2.